The quantitative estimate of drug-likeness (QED) is 0.591. The predicted octanol–water partition coefficient (Wildman–Crippen LogP) is 3.75. The maximum Gasteiger partial charge on any atom is 0.278 e. The first-order chi connectivity index (χ1) is 12.7. The number of H-pyrrole nitrogens is 1. The largest absolute Gasteiger partial charge is 0.477 e. The molecule has 0 aliphatic rings. The molecule has 0 saturated heterocycles. The van der Waals surface area contributed by atoms with Crippen molar-refractivity contribution in [3.63, 3.8) is 0 Å². The molecule has 8 heteroatoms. The van der Waals surface area contributed by atoms with E-state index in [2.05, 4.69) is 25.4 Å². The van der Waals surface area contributed by atoms with Crippen LogP contribution in [0, 0.1) is 0 Å². The van der Waals surface area contributed by atoms with Gasteiger partial charge in [0.05, 0.1) is 30.3 Å². The highest BCUT2D eigenvalue weighted by Gasteiger charge is 2.21. The summed E-state index contributed by atoms with van der Waals surface area (Å²) >= 11 is 6.50. The lowest BCUT2D eigenvalue weighted by molar-refractivity contribution is 0.334. The Kier molecular flexibility index (Phi) is 4.14. The van der Waals surface area contributed by atoms with Gasteiger partial charge in [0.1, 0.15) is 16.9 Å². The summed E-state index contributed by atoms with van der Waals surface area (Å²) in [5.41, 5.74) is 3.98. The maximum atomic E-state index is 6.50. The van der Waals surface area contributed by atoms with E-state index in [4.69, 9.17) is 21.1 Å². The summed E-state index contributed by atoms with van der Waals surface area (Å²) in [6.45, 7) is 0. The fourth-order valence-electron chi connectivity index (χ4n) is 2.76. The second-order valence-corrected chi connectivity index (χ2v) is 5.83. The van der Waals surface area contributed by atoms with Gasteiger partial charge in [-0.25, -0.2) is 9.97 Å². The van der Waals surface area contributed by atoms with Crippen LogP contribution < -0.4 is 9.47 Å². The van der Waals surface area contributed by atoms with Crippen molar-refractivity contribution in [3.05, 3.63) is 47.5 Å². The smallest absolute Gasteiger partial charge is 0.278 e. The highest BCUT2D eigenvalue weighted by molar-refractivity contribution is 6.35. The van der Waals surface area contributed by atoms with Crippen LogP contribution in [0.5, 0.6) is 11.8 Å². The Morgan fingerprint density at radius 2 is 1.54 bits per heavy atom. The molecule has 0 unspecified atom stereocenters. The number of benzene rings is 2. The van der Waals surface area contributed by atoms with Crippen LogP contribution in [0.3, 0.4) is 0 Å². The first-order valence-electron chi connectivity index (χ1n) is 7.77. The van der Waals surface area contributed by atoms with E-state index >= 15 is 0 Å². The molecule has 4 aromatic rings. The topological polar surface area (TPSA) is 85.8 Å². The van der Waals surface area contributed by atoms with E-state index in [-0.39, 0.29) is 5.88 Å². The third-order valence-corrected chi connectivity index (χ3v) is 4.26. The normalized spacial score (nSPS) is 10.9. The van der Waals surface area contributed by atoms with E-state index in [0.717, 1.165) is 5.56 Å². The minimum atomic E-state index is 0.272. The Labute approximate surface area is 154 Å². The number of nitrogens with zero attached hydrogens (tertiary/aromatic N) is 4. The van der Waals surface area contributed by atoms with E-state index in [1.807, 2.05) is 30.3 Å². The molecule has 0 fully saturated rings. The molecular weight excluding hydrogens is 354 g/mol. The Hall–Kier alpha value is -3.19. The SMILES string of the molecule is COc1nc2ccc(Cl)c(-c3n[nH]nc3-c3ccccc3)c2nc1OC. The molecule has 7 nitrogen and oxygen atoms in total. The molecular formula is C18H14ClN5O2. The van der Waals surface area contributed by atoms with Crippen molar-refractivity contribution in [2.45, 2.75) is 0 Å². The number of aromatic amines is 1. The molecule has 0 spiro atoms. The van der Waals surface area contributed by atoms with Crippen molar-refractivity contribution in [1.29, 1.82) is 0 Å². The Morgan fingerprint density at radius 3 is 2.27 bits per heavy atom. The fourth-order valence-corrected chi connectivity index (χ4v) is 3.00. The lowest BCUT2D eigenvalue weighted by Gasteiger charge is -2.11. The zero-order valence-electron chi connectivity index (χ0n) is 14.0. The van der Waals surface area contributed by atoms with Crippen molar-refractivity contribution in [1.82, 2.24) is 25.4 Å². The molecule has 0 saturated carbocycles. The highest BCUT2D eigenvalue weighted by atomic mass is 35.5. The van der Waals surface area contributed by atoms with Crippen LogP contribution in [0.25, 0.3) is 33.5 Å². The van der Waals surface area contributed by atoms with Gasteiger partial charge in [-0.15, -0.1) is 0 Å². The number of methoxy groups -OCH3 is 2. The van der Waals surface area contributed by atoms with Crippen LogP contribution in [-0.2, 0) is 0 Å². The third kappa shape index (κ3) is 2.62. The zero-order valence-corrected chi connectivity index (χ0v) is 14.8. The van der Waals surface area contributed by atoms with Crippen LogP contribution in [0.15, 0.2) is 42.5 Å². The zero-order chi connectivity index (χ0) is 18.1. The van der Waals surface area contributed by atoms with Crippen molar-refractivity contribution in [2.75, 3.05) is 14.2 Å². The first-order valence-corrected chi connectivity index (χ1v) is 8.15. The number of ether oxygens (including phenoxy) is 2. The highest BCUT2D eigenvalue weighted by Crippen LogP contribution is 2.38. The second kappa shape index (κ2) is 6.61. The molecule has 2 aromatic carbocycles. The molecule has 0 aliphatic heterocycles. The monoisotopic (exact) mass is 367 g/mol. The van der Waals surface area contributed by atoms with Crippen LogP contribution in [0.1, 0.15) is 0 Å². The second-order valence-electron chi connectivity index (χ2n) is 5.42. The van der Waals surface area contributed by atoms with E-state index in [0.29, 0.717) is 38.9 Å². The van der Waals surface area contributed by atoms with Gasteiger partial charge < -0.3 is 9.47 Å². The Balaban J connectivity index is 2.01. The summed E-state index contributed by atoms with van der Waals surface area (Å²) in [5, 5.41) is 11.8. The van der Waals surface area contributed by atoms with Crippen LogP contribution in [-0.4, -0.2) is 39.6 Å². The number of fused-ring (bicyclic) bond motifs is 1. The third-order valence-electron chi connectivity index (χ3n) is 3.94. The molecule has 2 aromatic heterocycles. The standard InChI is InChI=1S/C18H14ClN5O2/c1-25-17-18(26-2)21-15-12(20-17)9-8-11(19)13(15)16-14(22-24-23-16)10-6-4-3-5-7-10/h3-9H,1-2H3,(H,22,23,24). The molecule has 0 amide bonds. The average Bonchev–Trinajstić information content (AvgIpc) is 3.16. The summed E-state index contributed by atoms with van der Waals surface area (Å²) in [6.07, 6.45) is 0. The molecule has 130 valence electrons. The molecule has 0 bridgehead atoms. The number of aromatic nitrogens is 5. The minimum absolute atomic E-state index is 0.272. The van der Waals surface area contributed by atoms with Crippen LogP contribution in [0.4, 0.5) is 0 Å². The first kappa shape index (κ1) is 16.3. The van der Waals surface area contributed by atoms with Gasteiger partial charge in [0.25, 0.3) is 11.8 Å². The van der Waals surface area contributed by atoms with Gasteiger partial charge in [-0.3, -0.25) is 0 Å². The fraction of sp³-hybridized carbons (Fsp3) is 0.111. The maximum absolute atomic E-state index is 6.50. The molecule has 2 heterocycles. The van der Waals surface area contributed by atoms with Crippen molar-refractivity contribution in [2.24, 2.45) is 0 Å². The molecule has 0 radical (unpaired) electrons. The average molecular weight is 368 g/mol. The van der Waals surface area contributed by atoms with E-state index in [9.17, 15) is 0 Å². The predicted molar refractivity (Wildman–Crippen MR) is 98.5 cm³/mol. The lowest BCUT2D eigenvalue weighted by atomic mass is 10.0. The Bertz CT molecular complexity index is 1080. The number of rotatable bonds is 4. The van der Waals surface area contributed by atoms with Crippen molar-refractivity contribution >= 4 is 22.6 Å². The van der Waals surface area contributed by atoms with Gasteiger partial charge in [-0.05, 0) is 12.1 Å². The van der Waals surface area contributed by atoms with Gasteiger partial charge >= 0.3 is 0 Å². The lowest BCUT2D eigenvalue weighted by Crippen LogP contribution is -1.99. The molecule has 4 rings (SSSR count). The molecule has 0 atom stereocenters. The summed E-state index contributed by atoms with van der Waals surface area (Å²) in [5.74, 6) is 0.574. The number of hydrogen-bond acceptors (Lipinski definition) is 6. The van der Waals surface area contributed by atoms with E-state index in [1.165, 1.54) is 14.2 Å². The molecule has 0 aliphatic carbocycles. The number of nitrogens with one attached hydrogen (secondary N) is 1. The van der Waals surface area contributed by atoms with Crippen LogP contribution >= 0.6 is 11.6 Å². The van der Waals surface area contributed by atoms with E-state index < -0.39 is 0 Å². The van der Waals surface area contributed by atoms with Crippen LogP contribution in [0.2, 0.25) is 5.02 Å². The molecule has 1 N–H and O–H groups in total. The van der Waals surface area contributed by atoms with Crippen molar-refractivity contribution < 1.29 is 9.47 Å². The van der Waals surface area contributed by atoms with Gasteiger partial charge in [-0.2, -0.15) is 15.4 Å². The van der Waals surface area contributed by atoms with E-state index in [1.54, 1.807) is 12.1 Å². The summed E-state index contributed by atoms with van der Waals surface area (Å²) in [6, 6.07) is 13.3. The summed E-state index contributed by atoms with van der Waals surface area (Å²) in [4.78, 5) is 8.99. The van der Waals surface area contributed by atoms with Gasteiger partial charge in [0, 0.05) is 5.56 Å². The van der Waals surface area contributed by atoms with Gasteiger partial charge in [0.2, 0.25) is 0 Å². The van der Waals surface area contributed by atoms with Gasteiger partial charge in [-0.1, -0.05) is 41.9 Å². The van der Waals surface area contributed by atoms with Crippen molar-refractivity contribution in [3.8, 4) is 34.3 Å². The number of halogens is 1. The molecule has 26 heavy (non-hydrogen) atoms. The van der Waals surface area contributed by atoms with Gasteiger partial charge in [0.15, 0.2) is 0 Å². The number of hydrogen-bond donors (Lipinski definition) is 1. The summed E-state index contributed by atoms with van der Waals surface area (Å²) in [7, 11) is 3.02. The summed E-state index contributed by atoms with van der Waals surface area (Å²) < 4.78 is 10.5. The Morgan fingerprint density at radius 1 is 0.846 bits per heavy atom. The minimum Gasteiger partial charge on any atom is -0.477 e.